The Balaban J connectivity index is 1.43. The van der Waals surface area contributed by atoms with E-state index in [-0.39, 0.29) is 17.5 Å². The molecule has 152 valence electrons. The van der Waals surface area contributed by atoms with Gasteiger partial charge in [-0.25, -0.2) is 0 Å². The summed E-state index contributed by atoms with van der Waals surface area (Å²) >= 11 is 0. The highest BCUT2D eigenvalue weighted by Gasteiger charge is 2.41. The molecule has 0 bridgehead atoms. The van der Waals surface area contributed by atoms with Crippen LogP contribution in [0.5, 0.6) is 0 Å². The molecule has 0 aliphatic carbocycles. The van der Waals surface area contributed by atoms with E-state index in [0.717, 1.165) is 16.8 Å². The third kappa shape index (κ3) is 4.16. The van der Waals surface area contributed by atoms with Gasteiger partial charge in [0, 0.05) is 43.4 Å². The minimum atomic E-state index is -0.530. The van der Waals surface area contributed by atoms with Crippen LogP contribution in [0.25, 0.3) is 0 Å². The number of hydrogen-bond donors (Lipinski definition) is 1. The van der Waals surface area contributed by atoms with Gasteiger partial charge in [0.15, 0.2) is 5.79 Å². The maximum Gasteiger partial charge on any atom is 0.272 e. The largest absolute Gasteiger partial charge is 0.347 e. The number of anilines is 1. The average molecular weight is 395 g/mol. The van der Waals surface area contributed by atoms with E-state index in [1.807, 2.05) is 32.0 Å². The van der Waals surface area contributed by atoms with E-state index >= 15 is 0 Å². The van der Waals surface area contributed by atoms with Crippen LogP contribution >= 0.6 is 0 Å². The molecule has 2 aliphatic rings. The number of aromatic nitrogens is 1. The third-order valence-corrected chi connectivity index (χ3v) is 5.63. The fourth-order valence-electron chi connectivity index (χ4n) is 3.71. The van der Waals surface area contributed by atoms with Crippen molar-refractivity contribution in [3.63, 3.8) is 0 Å². The molecule has 0 saturated carbocycles. The number of rotatable bonds is 3. The maximum atomic E-state index is 12.9. The van der Waals surface area contributed by atoms with Crippen LogP contribution < -0.4 is 5.32 Å². The number of ether oxygens (including phenoxy) is 2. The summed E-state index contributed by atoms with van der Waals surface area (Å²) in [5, 5.41) is 2.88. The van der Waals surface area contributed by atoms with Gasteiger partial charge in [-0.15, -0.1) is 0 Å². The Morgan fingerprint density at radius 1 is 1.03 bits per heavy atom. The molecule has 0 radical (unpaired) electrons. The summed E-state index contributed by atoms with van der Waals surface area (Å²) in [6, 6.07) is 8.92. The number of hydrogen-bond acceptors (Lipinski definition) is 5. The molecule has 4 rings (SSSR count). The molecule has 1 N–H and O–H groups in total. The molecular weight excluding hydrogens is 370 g/mol. The van der Waals surface area contributed by atoms with E-state index < -0.39 is 5.79 Å². The zero-order valence-corrected chi connectivity index (χ0v) is 16.7. The van der Waals surface area contributed by atoms with E-state index in [9.17, 15) is 9.59 Å². The molecule has 1 aromatic heterocycles. The van der Waals surface area contributed by atoms with Gasteiger partial charge in [0.05, 0.1) is 13.2 Å². The van der Waals surface area contributed by atoms with Gasteiger partial charge in [-0.2, -0.15) is 0 Å². The first kappa shape index (κ1) is 19.5. The summed E-state index contributed by atoms with van der Waals surface area (Å²) in [6.45, 7) is 6.31. The lowest BCUT2D eigenvalue weighted by Gasteiger charge is -2.37. The topological polar surface area (TPSA) is 80.8 Å². The number of piperidine rings is 1. The number of likely N-dealkylation sites (tertiary alicyclic amines) is 1. The first-order chi connectivity index (χ1) is 14.0. The Bertz CT molecular complexity index is 927. The van der Waals surface area contributed by atoms with Crippen LogP contribution in [0.3, 0.4) is 0 Å². The minimum absolute atomic E-state index is 0.182. The predicted molar refractivity (Wildman–Crippen MR) is 108 cm³/mol. The number of nitrogens with one attached hydrogen (secondary N) is 1. The molecule has 7 nitrogen and oxygen atoms in total. The second kappa shape index (κ2) is 7.93. The highest BCUT2D eigenvalue weighted by Crippen LogP contribution is 2.31. The lowest BCUT2D eigenvalue weighted by molar-refractivity contribution is -0.181. The molecule has 29 heavy (non-hydrogen) atoms. The number of pyridine rings is 1. The van der Waals surface area contributed by atoms with Gasteiger partial charge in [0.2, 0.25) is 0 Å². The second-order valence-electron chi connectivity index (χ2n) is 7.58. The second-order valence-corrected chi connectivity index (χ2v) is 7.58. The fourth-order valence-corrected chi connectivity index (χ4v) is 3.71. The number of amides is 2. The minimum Gasteiger partial charge on any atom is -0.347 e. The SMILES string of the molecule is Cc1ccc(NC(=O)c2ccnc(C(=O)N3CCC4(CC3)OCCO4)c2)cc1C. The standard InChI is InChI=1S/C22H25N3O4/c1-15-3-4-18(13-16(15)2)24-20(26)17-5-8-23-19(14-17)21(27)25-9-6-22(7-10-25)28-11-12-29-22/h3-5,8,13-14H,6-7,9-12H2,1-2H3,(H,24,26). The first-order valence-corrected chi connectivity index (χ1v) is 9.88. The Morgan fingerprint density at radius 3 is 2.45 bits per heavy atom. The van der Waals surface area contributed by atoms with Crippen LogP contribution in [0.2, 0.25) is 0 Å². The maximum absolute atomic E-state index is 12.9. The number of carbonyl (C=O) groups is 2. The molecule has 0 unspecified atom stereocenters. The molecule has 0 atom stereocenters. The van der Waals surface area contributed by atoms with Crippen LogP contribution in [0.15, 0.2) is 36.5 Å². The van der Waals surface area contributed by atoms with E-state index in [1.54, 1.807) is 17.0 Å². The summed E-state index contributed by atoms with van der Waals surface area (Å²) in [5.74, 6) is -0.980. The molecular formula is C22H25N3O4. The average Bonchev–Trinajstić information content (AvgIpc) is 3.19. The lowest BCUT2D eigenvalue weighted by Crippen LogP contribution is -2.47. The van der Waals surface area contributed by atoms with Crippen LogP contribution in [-0.4, -0.2) is 53.8 Å². The molecule has 1 spiro atoms. The molecule has 7 heteroatoms. The Labute approximate surface area is 170 Å². The van der Waals surface area contributed by atoms with E-state index in [0.29, 0.717) is 44.7 Å². The van der Waals surface area contributed by atoms with E-state index in [4.69, 9.17) is 9.47 Å². The van der Waals surface area contributed by atoms with Gasteiger partial charge in [-0.1, -0.05) is 6.07 Å². The highest BCUT2D eigenvalue weighted by molar-refractivity contribution is 6.05. The normalized spacial score (nSPS) is 18.1. The van der Waals surface area contributed by atoms with Crippen molar-refractivity contribution in [2.45, 2.75) is 32.5 Å². The zero-order chi connectivity index (χ0) is 20.4. The van der Waals surface area contributed by atoms with Crippen molar-refractivity contribution in [3.8, 4) is 0 Å². The highest BCUT2D eigenvalue weighted by atomic mass is 16.7. The van der Waals surface area contributed by atoms with Crippen LogP contribution in [-0.2, 0) is 9.47 Å². The number of aryl methyl sites for hydroxylation is 2. The van der Waals surface area contributed by atoms with Gasteiger partial charge in [-0.3, -0.25) is 14.6 Å². The molecule has 2 fully saturated rings. The fraction of sp³-hybridized carbons (Fsp3) is 0.409. The van der Waals surface area contributed by atoms with Crippen molar-refractivity contribution in [1.29, 1.82) is 0 Å². The monoisotopic (exact) mass is 395 g/mol. The molecule has 2 aliphatic heterocycles. The van der Waals surface area contributed by atoms with Crippen molar-refractivity contribution in [1.82, 2.24) is 9.88 Å². The lowest BCUT2D eigenvalue weighted by atomic mass is 10.0. The van der Waals surface area contributed by atoms with Gasteiger partial charge < -0.3 is 19.7 Å². The third-order valence-electron chi connectivity index (χ3n) is 5.63. The van der Waals surface area contributed by atoms with Gasteiger partial charge in [0.1, 0.15) is 5.69 Å². The molecule has 2 saturated heterocycles. The Kier molecular flexibility index (Phi) is 5.34. The van der Waals surface area contributed by atoms with Crippen LogP contribution in [0, 0.1) is 13.8 Å². The van der Waals surface area contributed by atoms with Crippen molar-refractivity contribution >= 4 is 17.5 Å². The van der Waals surface area contributed by atoms with Crippen molar-refractivity contribution in [2.24, 2.45) is 0 Å². The molecule has 3 heterocycles. The Morgan fingerprint density at radius 2 is 1.76 bits per heavy atom. The van der Waals surface area contributed by atoms with Gasteiger partial charge in [-0.05, 0) is 49.2 Å². The first-order valence-electron chi connectivity index (χ1n) is 9.88. The van der Waals surface area contributed by atoms with Gasteiger partial charge in [0.25, 0.3) is 11.8 Å². The van der Waals surface area contributed by atoms with Gasteiger partial charge >= 0.3 is 0 Å². The van der Waals surface area contributed by atoms with Crippen molar-refractivity contribution < 1.29 is 19.1 Å². The smallest absolute Gasteiger partial charge is 0.272 e. The summed E-state index contributed by atoms with van der Waals surface area (Å²) in [4.78, 5) is 31.4. The Hall–Kier alpha value is -2.77. The number of nitrogens with zero attached hydrogens (tertiary/aromatic N) is 2. The predicted octanol–water partition coefficient (Wildman–Crippen LogP) is 2.93. The number of benzene rings is 1. The zero-order valence-electron chi connectivity index (χ0n) is 16.7. The van der Waals surface area contributed by atoms with Crippen LogP contribution in [0.4, 0.5) is 5.69 Å². The van der Waals surface area contributed by atoms with E-state index in [2.05, 4.69) is 10.3 Å². The molecule has 1 aromatic carbocycles. The van der Waals surface area contributed by atoms with Crippen LogP contribution in [0.1, 0.15) is 44.8 Å². The summed E-state index contributed by atoms with van der Waals surface area (Å²) in [5.41, 5.74) is 3.66. The summed E-state index contributed by atoms with van der Waals surface area (Å²) in [7, 11) is 0. The van der Waals surface area contributed by atoms with E-state index in [1.165, 1.54) is 6.20 Å². The molecule has 2 aromatic rings. The molecule has 2 amide bonds. The summed E-state index contributed by atoms with van der Waals surface area (Å²) < 4.78 is 11.4. The van der Waals surface area contributed by atoms with Crippen molar-refractivity contribution in [2.75, 3.05) is 31.6 Å². The number of carbonyl (C=O) groups excluding carboxylic acids is 2. The quantitative estimate of drug-likeness (QED) is 0.864. The summed E-state index contributed by atoms with van der Waals surface area (Å²) in [6.07, 6.45) is 2.79. The van der Waals surface area contributed by atoms with Crippen molar-refractivity contribution in [3.05, 3.63) is 58.9 Å².